The van der Waals surface area contributed by atoms with Gasteiger partial charge in [-0.25, -0.2) is 0 Å². The third kappa shape index (κ3) is 6.07. The predicted octanol–water partition coefficient (Wildman–Crippen LogP) is 3.08. The Morgan fingerprint density at radius 3 is 2.53 bits per heavy atom. The molecule has 1 heterocycles. The second-order valence-electron chi connectivity index (χ2n) is 8.19. The maximum Gasteiger partial charge on any atom is 0.269 e. The number of methoxy groups -OCH3 is 1. The van der Waals surface area contributed by atoms with Crippen LogP contribution in [0.5, 0.6) is 0 Å². The third-order valence-corrected chi connectivity index (χ3v) is 6.50. The third-order valence-electron chi connectivity index (χ3n) is 5.66. The Labute approximate surface area is 189 Å². The van der Waals surface area contributed by atoms with Gasteiger partial charge < -0.3 is 10.1 Å². The van der Waals surface area contributed by atoms with Gasteiger partial charge in [0.2, 0.25) is 11.0 Å². The molecular weight excluding hydrogens is 434 g/mol. The largest absolute Gasteiger partial charge is 0.382 e. The number of carbonyl (C=O) groups excluding carboxylic acids is 2. The van der Waals surface area contributed by atoms with E-state index < -0.39 is 22.3 Å². The quantitative estimate of drug-likeness (QED) is 0.432. The average molecular weight is 462 g/mol. The van der Waals surface area contributed by atoms with Crippen LogP contribution in [0.3, 0.4) is 0 Å². The molecule has 1 unspecified atom stereocenters. The van der Waals surface area contributed by atoms with E-state index in [-0.39, 0.29) is 18.2 Å². The summed E-state index contributed by atoms with van der Waals surface area (Å²) in [6.07, 6.45) is 5.19. The molecule has 1 atom stereocenters. The first-order valence-corrected chi connectivity index (χ1v) is 11.3. The van der Waals surface area contributed by atoms with Gasteiger partial charge in [-0.05, 0) is 18.4 Å². The molecule has 1 aromatic heterocycles. The molecule has 0 bridgehead atoms. The average Bonchev–Trinajstić information content (AvgIpc) is 3.20. The molecule has 1 aromatic carbocycles. The van der Waals surface area contributed by atoms with E-state index in [0.29, 0.717) is 16.6 Å². The van der Waals surface area contributed by atoms with Crippen LogP contribution in [-0.4, -0.2) is 46.7 Å². The predicted molar refractivity (Wildman–Crippen MR) is 119 cm³/mol. The highest BCUT2D eigenvalue weighted by molar-refractivity contribution is 7.15. The van der Waals surface area contributed by atoms with Crippen molar-refractivity contribution in [2.45, 2.75) is 51.5 Å². The fourth-order valence-corrected chi connectivity index (χ4v) is 4.50. The minimum Gasteiger partial charge on any atom is -0.382 e. The van der Waals surface area contributed by atoms with Crippen molar-refractivity contribution in [2.75, 3.05) is 19.0 Å². The highest BCUT2D eigenvalue weighted by Crippen LogP contribution is 2.36. The lowest BCUT2D eigenvalue weighted by atomic mass is 9.75. The number of anilines is 1. The number of nitro benzene ring substituents is 1. The van der Waals surface area contributed by atoms with E-state index >= 15 is 0 Å². The lowest BCUT2D eigenvalue weighted by molar-refractivity contribution is -0.384. The molecule has 3 rings (SSSR count). The van der Waals surface area contributed by atoms with Gasteiger partial charge in [0.1, 0.15) is 11.0 Å². The van der Waals surface area contributed by atoms with Gasteiger partial charge in [-0.3, -0.25) is 25.0 Å². The number of hydrogen-bond donors (Lipinski definition) is 2. The number of ether oxygens (including phenoxy) is 1. The van der Waals surface area contributed by atoms with E-state index in [4.69, 9.17) is 4.74 Å². The number of hydrogen-bond acceptors (Lipinski definition) is 8. The number of nitro groups is 1. The van der Waals surface area contributed by atoms with Crippen LogP contribution >= 0.6 is 11.3 Å². The topological polar surface area (TPSA) is 136 Å². The zero-order valence-electron chi connectivity index (χ0n) is 18.1. The molecule has 2 amide bonds. The number of aromatic nitrogens is 2. The second-order valence-corrected chi connectivity index (χ2v) is 9.26. The van der Waals surface area contributed by atoms with Crippen molar-refractivity contribution in [2.24, 2.45) is 5.41 Å². The van der Waals surface area contributed by atoms with Gasteiger partial charge in [0.25, 0.3) is 11.6 Å². The van der Waals surface area contributed by atoms with Gasteiger partial charge in [-0.2, -0.15) is 0 Å². The molecule has 2 aromatic rings. The summed E-state index contributed by atoms with van der Waals surface area (Å²) >= 11 is 1.21. The van der Waals surface area contributed by atoms with Crippen molar-refractivity contribution >= 4 is 34.0 Å². The molecule has 2 N–H and O–H groups in total. The molecule has 1 fully saturated rings. The van der Waals surface area contributed by atoms with Crippen LogP contribution in [0.15, 0.2) is 24.3 Å². The lowest BCUT2D eigenvalue weighted by Gasteiger charge is -2.33. The van der Waals surface area contributed by atoms with Crippen LogP contribution in [0, 0.1) is 15.5 Å². The standard InChI is InChI=1S/C21H27N5O5S/c1-21(10-4-3-5-11-21)19(28)22-16(13-31-2)18(27)23-20-25-24-17(32-20)12-14-6-8-15(9-7-14)26(29)30/h6-9,16H,3-5,10-13H2,1-2H3,(H,22,28)(H,23,25,27). The molecule has 0 radical (unpaired) electrons. The first-order valence-electron chi connectivity index (χ1n) is 10.5. The summed E-state index contributed by atoms with van der Waals surface area (Å²) in [5.74, 6) is -0.553. The van der Waals surface area contributed by atoms with Gasteiger partial charge in [-0.1, -0.05) is 49.7 Å². The number of benzene rings is 1. The number of rotatable bonds is 9. The first-order chi connectivity index (χ1) is 15.3. The van der Waals surface area contributed by atoms with E-state index in [1.807, 2.05) is 6.92 Å². The van der Waals surface area contributed by atoms with Crippen molar-refractivity contribution in [3.63, 3.8) is 0 Å². The van der Waals surface area contributed by atoms with Crippen molar-refractivity contribution in [3.05, 3.63) is 45.0 Å². The number of non-ortho nitro benzene ring substituents is 1. The smallest absolute Gasteiger partial charge is 0.269 e. The fraction of sp³-hybridized carbons (Fsp3) is 0.524. The van der Waals surface area contributed by atoms with Crippen molar-refractivity contribution in [1.29, 1.82) is 0 Å². The number of amides is 2. The van der Waals surface area contributed by atoms with E-state index in [2.05, 4.69) is 20.8 Å². The van der Waals surface area contributed by atoms with Gasteiger partial charge in [-0.15, -0.1) is 10.2 Å². The minimum absolute atomic E-state index is 0.0206. The molecule has 0 saturated heterocycles. The van der Waals surface area contributed by atoms with Crippen LogP contribution in [0.2, 0.25) is 0 Å². The Hall–Kier alpha value is -2.92. The Balaban J connectivity index is 1.60. The molecule has 32 heavy (non-hydrogen) atoms. The van der Waals surface area contributed by atoms with Crippen molar-refractivity contribution in [1.82, 2.24) is 15.5 Å². The van der Waals surface area contributed by atoms with Crippen molar-refractivity contribution < 1.29 is 19.2 Å². The van der Waals surface area contributed by atoms with Crippen LogP contribution < -0.4 is 10.6 Å². The van der Waals surface area contributed by atoms with Gasteiger partial charge in [0.05, 0.1) is 11.5 Å². The molecule has 10 nitrogen and oxygen atoms in total. The normalized spacial score (nSPS) is 16.2. The molecule has 1 aliphatic carbocycles. The maximum absolute atomic E-state index is 12.8. The number of nitrogens with zero attached hydrogens (tertiary/aromatic N) is 3. The first kappa shape index (κ1) is 23.7. The molecule has 1 aliphatic rings. The Bertz CT molecular complexity index is 956. The highest BCUT2D eigenvalue weighted by Gasteiger charge is 2.36. The van der Waals surface area contributed by atoms with Crippen LogP contribution in [0.4, 0.5) is 10.8 Å². The van der Waals surface area contributed by atoms with Gasteiger partial charge in [0, 0.05) is 31.1 Å². The van der Waals surface area contributed by atoms with Gasteiger partial charge >= 0.3 is 0 Å². The Morgan fingerprint density at radius 2 is 1.91 bits per heavy atom. The molecule has 11 heteroatoms. The van der Waals surface area contributed by atoms with E-state index in [9.17, 15) is 19.7 Å². The van der Waals surface area contributed by atoms with Crippen LogP contribution in [0.25, 0.3) is 0 Å². The SMILES string of the molecule is COCC(NC(=O)C1(C)CCCCC1)C(=O)Nc1nnc(Cc2ccc([N+](=O)[O-])cc2)s1. The lowest BCUT2D eigenvalue weighted by Crippen LogP contribution is -2.51. The van der Waals surface area contributed by atoms with E-state index in [0.717, 1.165) is 37.7 Å². The van der Waals surface area contributed by atoms with Crippen LogP contribution in [0.1, 0.15) is 49.6 Å². The summed E-state index contributed by atoms with van der Waals surface area (Å²) in [5.41, 5.74) is 0.396. The van der Waals surface area contributed by atoms with E-state index in [1.165, 1.54) is 30.6 Å². The second kappa shape index (κ2) is 10.6. The van der Waals surface area contributed by atoms with Crippen LogP contribution in [-0.2, 0) is 20.7 Å². The summed E-state index contributed by atoms with van der Waals surface area (Å²) in [4.78, 5) is 35.9. The van der Waals surface area contributed by atoms with Gasteiger partial charge in [0.15, 0.2) is 0 Å². The molecule has 0 spiro atoms. The monoisotopic (exact) mass is 461 g/mol. The number of nitrogens with one attached hydrogen (secondary N) is 2. The molecule has 1 saturated carbocycles. The highest BCUT2D eigenvalue weighted by atomic mass is 32.1. The summed E-state index contributed by atoms with van der Waals surface area (Å²) in [6, 6.07) is 5.35. The van der Waals surface area contributed by atoms with Crippen molar-refractivity contribution in [3.8, 4) is 0 Å². The molecule has 0 aliphatic heterocycles. The fourth-order valence-electron chi connectivity index (χ4n) is 3.72. The molecular formula is C21H27N5O5S. The summed E-state index contributed by atoms with van der Waals surface area (Å²) in [7, 11) is 1.47. The Kier molecular flexibility index (Phi) is 7.86. The maximum atomic E-state index is 12.8. The zero-order chi connectivity index (χ0) is 23.1. The summed E-state index contributed by atoms with van der Waals surface area (Å²) in [6.45, 7) is 1.99. The molecule has 172 valence electrons. The minimum atomic E-state index is -0.840. The summed E-state index contributed by atoms with van der Waals surface area (Å²) < 4.78 is 5.14. The van der Waals surface area contributed by atoms with E-state index in [1.54, 1.807) is 12.1 Å². The number of carbonyl (C=O) groups is 2. The zero-order valence-corrected chi connectivity index (χ0v) is 18.9. The Morgan fingerprint density at radius 1 is 1.22 bits per heavy atom. The summed E-state index contributed by atoms with van der Waals surface area (Å²) in [5, 5.41) is 25.3.